The molecule has 1 aromatic rings. The summed E-state index contributed by atoms with van der Waals surface area (Å²) in [4.78, 5) is 17.7. The Morgan fingerprint density at radius 3 is 2.70 bits per heavy atom. The first-order valence-corrected chi connectivity index (χ1v) is 2.68. The van der Waals surface area contributed by atoms with Gasteiger partial charge in [0.05, 0.1) is 7.11 Å². The number of carbonyl (C=O) groups is 1. The third-order valence-electron chi connectivity index (χ3n) is 0.996. The lowest BCUT2D eigenvalue weighted by atomic mass is 10.5. The predicted octanol–water partition coefficient (Wildman–Crippen LogP) is 0.298. The van der Waals surface area contributed by atoms with E-state index in [1.54, 1.807) is 0 Å². The fourth-order valence-corrected chi connectivity index (χ4v) is 0.574. The van der Waals surface area contributed by atoms with Gasteiger partial charge in [-0.15, -0.1) is 0 Å². The maximum atomic E-state index is 10.2. The fraction of sp³-hybridized carbons (Fsp3) is 0.167. The summed E-state index contributed by atoms with van der Waals surface area (Å²) in [7, 11) is 1.44. The summed E-state index contributed by atoms with van der Waals surface area (Å²) >= 11 is 0. The smallest absolute Gasteiger partial charge is 0.243 e. The number of carbonyl (C=O) groups excluding carboxylic acids is 1. The Balaban J connectivity index is 3.08. The molecule has 4 heteroatoms. The predicted molar refractivity (Wildman–Crippen MR) is 34.0 cm³/mol. The Bertz CT molecular complexity index is 237. The van der Waals surface area contributed by atoms with Crippen LogP contribution in [0, 0.1) is 0 Å². The lowest BCUT2D eigenvalue weighted by molar-refractivity contribution is 0.111. The van der Waals surface area contributed by atoms with Crippen LogP contribution in [-0.4, -0.2) is 23.4 Å². The molecule has 1 rings (SSSR count). The van der Waals surface area contributed by atoms with Crippen molar-refractivity contribution in [1.29, 1.82) is 0 Å². The molecule has 0 amide bonds. The molecule has 0 spiro atoms. The monoisotopic (exact) mass is 138 g/mol. The topological polar surface area (TPSA) is 52.1 Å². The third kappa shape index (κ3) is 1.10. The van der Waals surface area contributed by atoms with Crippen molar-refractivity contribution >= 4 is 6.29 Å². The van der Waals surface area contributed by atoms with E-state index in [1.807, 2.05) is 0 Å². The van der Waals surface area contributed by atoms with E-state index in [2.05, 4.69) is 9.97 Å². The van der Waals surface area contributed by atoms with Gasteiger partial charge >= 0.3 is 0 Å². The first kappa shape index (κ1) is 6.67. The van der Waals surface area contributed by atoms with Crippen LogP contribution in [0.3, 0.4) is 0 Å². The molecule has 0 atom stereocenters. The number of hydrogen-bond donors (Lipinski definition) is 0. The lowest BCUT2D eigenvalue weighted by Gasteiger charge is -1.97. The zero-order valence-corrected chi connectivity index (χ0v) is 5.44. The summed E-state index contributed by atoms with van der Waals surface area (Å²) in [5, 5.41) is 0. The van der Waals surface area contributed by atoms with Gasteiger partial charge in [-0.05, 0) is 0 Å². The number of hydrogen-bond acceptors (Lipinski definition) is 4. The number of rotatable bonds is 2. The van der Waals surface area contributed by atoms with Crippen LogP contribution in [0.25, 0.3) is 0 Å². The van der Waals surface area contributed by atoms with Gasteiger partial charge in [0.1, 0.15) is 0 Å². The minimum Gasteiger partial charge on any atom is -0.479 e. The highest BCUT2D eigenvalue weighted by atomic mass is 16.5. The van der Waals surface area contributed by atoms with E-state index >= 15 is 0 Å². The molecule has 52 valence electrons. The molecule has 0 unspecified atom stereocenters. The first-order chi connectivity index (χ1) is 4.88. The van der Waals surface area contributed by atoms with Crippen LogP contribution in [0.1, 0.15) is 10.5 Å². The van der Waals surface area contributed by atoms with E-state index in [0.717, 1.165) is 0 Å². The van der Waals surface area contributed by atoms with Gasteiger partial charge in [0.25, 0.3) is 0 Å². The maximum Gasteiger partial charge on any atom is 0.243 e. The zero-order valence-electron chi connectivity index (χ0n) is 5.44. The molecule has 1 heterocycles. The van der Waals surface area contributed by atoms with Crippen molar-refractivity contribution < 1.29 is 9.53 Å². The molecule has 0 aromatic carbocycles. The van der Waals surface area contributed by atoms with Crippen LogP contribution in [0.2, 0.25) is 0 Å². The average molecular weight is 138 g/mol. The van der Waals surface area contributed by atoms with E-state index in [0.29, 0.717) is 6.29 Å². The average Bonchev–Trinajstić information content (AvgIpc) is 2.04. The molecule has 0 aliphatic carbocycles. The Morgan fingerprint density at radius 1 is 1.50 bits per heavy atom. The number of methoxy groups -OCH3 is 1. The van der Waals surface area contributed by atoms with Crippen LogP contribution in [-0.2, 0) is 0 Å². The normalized spacial score (nSPS) is 8.90. The van der Waals surface area contributed by atoms with Crippen LogP contribution < -0.4 is 4.74 Å². The third-order valence-corrected chi connectivity index (χ3v) is 0.996. The van der Waals surface area contributed by atoms with E-state index < -0.39 is 0 Å². The summed E-state index contributed by atoms with van der Waals surface area (Å²) in [6.45, 7) is 0. The van der Waals surface area contributed by atoms with Crippen molar-refractivity contribution in [2.24, 2.45) is 0 Å². The summed E-state index contributed by atoms with van der Waals surface area (Å²) in [5.41, 5.74) is 0.227. The highest BCUT2D eigenvalue weighted by molar-refractivity contribution is 5.74. The van der Waals surface area contributed by atoms with Gasteiger partial charge in [-0.25, -0.2) is 9.97 Å². The molecule has 4 nitrogen and oxygen atoms in total. The summed E-state index contributed by atoms with van der Waals surface area (Å²) in [5.74, 6) is 0.262. The molecular weight excluding hydrogens is 132 g/mol. The van der Waals surface area contributed by atoms with Crippen molar-refractivity contribution in [3.8, 4) is 5.88 Å². The maximum absolute atomic E-state index is 10.2. The Hall–Kier alpha value is -1.45. The Labute approximate surface area is 57.9 Å². The zero-order chi connectivity index (χ0) is 7.40. The van der Waals surface area contributed by atoms with Crippen molar-refractivity contribution in [2.75, 3.05) is 7.11 Å². The Kier molecular flexibility index (Phi) is 1.94. The fourth-order valence-electron chi connectivity index (χ4n) is 0.574. The second-order valence-corrected chi connectivity index (χ2v) is 1.57. The van der Waals surface area contributed by atoms with Gasteiger partial charge in [-0.2, -0.15) is 0 Å². The van der Waals surface area contributed by atoms with Gasteiger partial charge < -0.3 is 4.74 Å². The van der Waals surface area contributed by atoms with E-state index in [9.17, 15) is 4.79 Å². The van der Waals surface area contributed by atoms with Gasteiger partial charge in [0.2, 0.25) is 5.88 Å². The standard InChI is InChI=1S/C6H6N2O2/c1-10-6-5(4-9)7-2-3-8-6/h2-4H,1H3. The Morgan fingerprint density at radius 2 is 2.20 bits per heavy atom. The molecule has 0 aliphatic rings. The molecule has 0 fully saturated rings. The van der Waals surface area contributed by atoms with Gasteiger partial charge in [-0.3, -0.25) is 4.79 Å². The van der Waals surface area contributed by atoms with Crippen LogP contribution in [0.5, 0.6) is 5.88 Å². The van der Waals surface area contributed by atoms with Gasteiger partial charge in [-0.1, -0.05) is 0 Å². The number of ether oxygens (including phenoxy) is 1. The number of aromatic nitrogens is 2. The molecular formula is C6H6N2O2. The van der Waals surface area contributed by atoms with E-state index in [4.69, 9.17) is 4.74 Å². The van der Waals surface area contributed by atoms with Crippen molar-refractivity contribution in [1.82, 2.24) is 9.97 Å². The first-order valence-electron chi connectivity index (χ1n) is 2.68. The highest BCUT2D eigenvalue weighted by Crippen LogP contribution is 2.05. The molecule has 0 saturated carbocycles. The van der Waals surface area contributed by atoms with Crippen molar-refractivity contribution in [2.45, 2.75) is 0 Å². The summed E-state index contributed by atoms with van der Waals surface area (Å²) in [6.07, 6.45) is 3.50. The van der Waals surface area contributed by atoms with E-state index in [1.165, 1.54) is 19.5 Å². The van der Waals surface area contributed by atoms with Crippen LogP contribution in [0.15, 0.2) is 12.4 Å². The molecule has 1 aromatic heterocycles. The SMILES string of the molecule is COc1nccnc1C=O. The minimum atomic E-state index is 0.227. The summed E-state index contributed by atoms with van der Waals surface area (Å²) in [6, 6.07) is 0. The van der Waals surface area contributed by atoms with Crippen LogP contribution in [0.4, 0.5) is 0 Å². The highest BCUT2D eigenvalue weighted by Gasteiger charge is 2.00. The van der Waals surface area contributed by atoms with Crippen molar-refractivity contribution in [3.63, 3.8) is 0 Å². The molecule has 0 bridgehead atoms. The molecule has 10 heavy (non-hydrogen) atoms. The number of nitrogens with zero attached hydrogens (tertiary/aromatic N) is 2. The van der Waals surface area contributed by atoms with E-state index in [-0.39, 0.29) is 11.6 Å². The van der Waals surface area contributed by atoms with Gasteiger partial charge in [0.15, 0.2) is 12.0 Å². The lowest BCUT2D eigenvalue weighted by Crippen LogP contribution is -1.95. The molecule has 0 N–H and O–H groups in total. The van der Waals surface area contributed by atoms with Crippen LogP contribution >= 0.6 is 0 Å². The molecule has 0 saturated heterocycles. The van der Waals surface area contributed by atoms with Gasteiger partial charge in [0, 0.05) is 12.4 Å². The number of aldehydes is 1. The second-order valence-electron chi connectivity index (χ2n) is 1.57. The van der Waals surface area contributed by atoms with Crippen molar-refractivity contribution in [3.05, 3.63) is 18.1 Å². The largest absolute Gasteiger partial charge is 0.479 e. The second kappa shape index (κ2) is 2.91. The molecule has 0 radical (unpaired) electrons. The quantitative estimate of drug-likeness (QED) is 0.551. The summed E-state index contributed by atoms with van der Waals surface area (Å²) < 4.78 is 4.73. The molecule has 0 aliphatic heterocycles. The minimum absolute atomic E-state index is 0.227.